The van der Waals surface area contributed by atoms with E-state index in [1.165, 1.54) is 5.56 Å². The van der Waals surface area contributed by atoms with Gasteiger partial charge in [-0.15, -0.1) is 5.10 Å². The molecule has 0 bridgehead atoms. The molecule has 8 heteroatoms. The highest BCUT2D eigenvalue weighted by molar-refractivity contribution is 7.80. The van der Waals surface area contributed by atoms with Crippen molar-refractivity contribution in [2.45, 2.75) is 20.0 Å². The highest BCUT2D eigenvalue weighted by Gasteiger charge is 2.05. The largest absolute Gasteiger partial charge is 0.358 e. The SMILES string of the molecule is Cc1ccc(CNC(=S)Nc2ncn(Cc3ccc(Cl)c(Cl)c3)n2)cc1. The standard InChI is InChI=1S/C18H17Cl2N5S/c1-12-2-4-13(5-3-12)9-21-18(26)23-17-22-11-25(24-17)10-14-6-7-15(19)16(20)8-14/h2-8,11H,9-10H2,1H3,(H2,21,23,24,26). The first-order chi connectivity index (χ1) is 12.5. The van der Waals surface area contributed by atoms with Crippen LogP contribution in [0.4, 0.5) is 5.95 Å². The van der Waals surface area contributed by atoms with E-state index >= 15 is 0 Å². The van der Waals surface area contributed by atoms with Crippen LogP contribution in [0.5, 0.6) is 0 Å². The first-order valence-electron chi connectivity index (χ1n) is 7.93. The molecule has 3 aromatic rings. The fourth-order valence-electron chi connectivity index (χ4n) is 2.29. The molecule has 26 heavy (non-hydrogen) atoms. The van der Waals surface area contributed by atoms with Gasteiger partial charge in [0.25, 0.3) is 0 Å². The third kappa shape index (κ3) is 5.17. The van der Waals surface area contributed by atoms with Gasteiger partial charge in [-0.1, -0.05) is 59.1 Å². The van der Waals surface area contributed by atoms with Crippen molar-refractivity contribution >= 4 is 46.5 Å². The van der Waals surface area contributed by atoms with Crippen molar-refractivity contribution in [1.82, 2.24) is 20.1 Å². The van der Waals surface area contributed by atoms with Gasteiger partial charge in [0.05, 0.1) is 16.6 Å². The first kappa shape index (κ1) is 18.6. The minimum Gasteiger partial charge on any atom is -0.358 e. The van der Waals surface area contributed by atoms with Crippen LogP contribution >= 0.6 is 35.4 Å². The van der Waals surface area contributed by atoms with Gasteiger partial charge in [0.1, 0.15) is 6.33 Å². The normalized spacial score (nSPS) is 10.6. The Morgan fingerprint density at radius 1 is 1.08 bits per heavy atom. The average molecular weight is 406 g/mol. The molecule has 0 saturated carbocycles. The van der Waals surface area contributed by atoms with Gasteiger partial charge in [-0.3, -0.25) is 5.32 Å². The monoisotopic (exact) mass is 405 g/mol. The summed E-state index contributed by atoms with van der Waals surface area (Å²) < 4.78 is 1.70. The molecule has 0 fully saturated rings. The average Bonchev–Trinajstić information content (AvgIpc) is 3.04. The van der Waals surface area contributed by atoms with Crippen LogP contribution < -0.4 is 10.6 Å². The molecule has 2 aromatic carbocycles. The Labute approximate surface area is 167 Å². The maximum absolute atomic E-state index is 6.03. The van der Waals surface area contributed by atoms with Gasteiger partial charge in [0, 0.05) is 6.54 Å². The molecule has 0 saturated heterocycles. The summed E-state index contributed by atoms with van der Waals surface area (Å²) in [4.78, 5) is 4.21. The van der Waals surface area contributed by atoms with Gasteiger partial charge in [0.15, 0.2) is 5.11 Å². The maximum Gasteiger partial charge on any atom is 0.248 e. The number of aryl methyl sites for hydroxylation is 1. The summed E-state index contributed by atoms with van der Waals surface area (Å²) >= 11 is 17.2. The Bertz CT molecular complexity index is 908. The molecular weight excluding hydrogens is 389 g/mol. The number of aromatic nitrogens is 3. The van der Waals surface area contributed by atoms with E-state index in [-0.39, 0.29) is 0 Å². The fraction of sp³-hybridized carbons (Fsp3) is 0.167. The lowest BCUT2D eigenvalue weighted by Gasteiger charge is -2.08. The van der Waals surface area contributed by atoms with Gasteiger partial charge in [-0.25, -0.2) is 9.67 Å². The number of anilines is 1. The van der Waals surface area contributed by atoms with Crippen LogP contribution in [0, 0.1) is 6.92 Å². The zero-order chi connectivity index (χ0) is 18.5. The number of benzene rings is 2. The Morgan fingerprint density at radius 2 is 1.81 bits per heavy atom. The Morgan fingerprint density at radius 3 is 2.54 bits per heavy atom. The molecule has 134 valence electrons. The third-order valence-electron chi connectivity index (χ3n) is 3.66. The predicted molar refractivity (Wildman–Crippen MR) is 110 cm³/mol. The highest BCUT2D eigenvalue weighted by Crippen LogP contribution is 2.22. The van der Waals surface area contributed by atoms with E-state index in [9.17, 15) is 0 Å². The third-order valence-corrected chi connectivity index (χ3v) is 4.65. The summed E-state index contributed by atoms with van der Waals surface area (Å²) in [6.45, 7) is 3.23. The zero-order valence-corrected chi connectivity index (χ0v) is 16.4. The predicted octanol–water partition coefficient (Wildman–Crippen LogP) is 4.43. The molecule has 0 spiro atoms. The molecule has 0 aliphatic rings. The van der Waals surface area contributed by atoms with Crippen molar-refractivity contribution in [3.8, 4) is 0 Å². The smallest absolute Gasteiger partial charge is 0.248 e. The Hall–Kier alpha value is -2.15. The molecule has 0 amide bonds. The number of hydrogen-bond acceptors (Lipinski definition) is 3. The molecular formula is C18H17Cl2N5S. The topological polar surface area (TPSA) is 54.8 Å². The zero-order valence-electron chi connectivity index (χ0n) is 14.0. The van der Waals surface area contributed by atoms with Crippen molar-refractivity contribution < 1.29 is 0 Å². The number of nitrogens with zero attached hydrogens (tertiary/aromatic N) is 3. The molecule has 0 radical (unpaired) electrons. The second kappa shape index (κ2) is 8.49. The van der Waals surface area contributed by atoms with E-state index in [1.54, 1.807) is 17.1 Å². The molecule has 5 nitrogen and oxygen atoms in total. The van der Waals surface area contributed by atoms with Crippen molar-refractivity contribution in [2.75, 3.05) is 5.32 Å². The quantitative estimate of drug-likeness (QED) is 0.614. The second-order valence-corrected chi connectivity index (χ2v) is 7.03. The molecule has 0 aliphatic heterocycles. The summed E-state index contributed by atoms with van der Waals surface area (Å²) in [7, 11) is 0. The molecule has 3 rings (SSSR count). The van der Waals surface area contributed by atoms with Gasteiger partial charge >= 0.3 is 0 Å². The van der Waals surface area contributed by atoms with Gasteiger partial charge in [-0.2, -0.15) is 0 Å². The second-order valence-electron chi connectivity index (χ2n) is 5.81. The number of hydrogen-bond donors (Lipinski definition) is 2. The van der Waals surface area contributed by atoms with E-state index in [1.807, 2.05) is 12.1 Å². The minimum absolute atomic E-state index is 0.437. The summed E-state index contributed by atoms with van der Waals surface area (Å²) in [5, 5.41) is 12.0. The van der Waals surface area contributed by atoms with E-state index < -0.39 is 0 Å². The summed E-state index contributed by atoms with van der Waals surface area (Å²) in [5.41, 5.74) is 3.36. The van der Waals surface area contributed by atoms with Crippen LogP contribution in [0.25, 0.3) is 0 Å². The van der Waals surface area contributed by atoms with Crippen LogP contribution in [0.15, 0.2) is 48.8 Å². The molecule has 0 unspecified atom stereocenters. The van der Waals surface area contributed by atoms with Crippen LogP contribution in [-0.4, -0.2) is 19.9 Å². The first-order valence-corrected chi connectivity index (χ1v) is 9.10. The van der Waals surface area contributed by atoms with E-state index in [2.05, 4.69) is 51.9 Å². The van der Waals surface area contributed by atoms with Crippen LogP contribution in [0.1, 0.15) is 16.7 Å². The van der Waals surface area contributed by atoms with Gasteiger partial charge in [0.2, 0.25) is 5.95 Å². The molecule has 0 atom stereocenters. The van der Waals surface area contributed by atoms with Crippen molar-refractivity contribution in [2.24, 2.45) is 0 Å². The number of thiocarbonyl (C=S) groups is 1. The minimum atomic E-state index is 0.437. The number of rotatable bonds is 5. The Kier molecular flexibility index (Phi) is 6.08. The number of halogens is 2. The molecule has 0 aliphatic carbocycles. The summed E-state index contributed by atoms with van der Waals surface area (Å²) in [6.07, 6.45) is 1.63. The lowest BCUT2D eigenvalue weighted by Crippen LogP contribution is -2.28. The van der Waals surface area contributed by atoms with Crippen molar-refractivity contribution in [1.29, 1.82) is 0 Å². The molecule has 2 N–H and O–H groups in total. The molecule has 1 aromatic heterocycles. The van der Waals surface area contributed by atoms with Gasteiger partial charge in [-0.05, 0) is 42.4 Å². The van der Waals surface area contributed by atoms with Crippen molar-refractivity contribution in [3.05, 3.63) is 75.5 Å². The summed E-state index contributed by atoms with van der Waals surface area (Å²) in [6, 6.07) is 13.7. The van der Waals surface area contributed by atoms with Crippen LogP contribution in [0.3, 0.4) is 0 Å². The molecule has 1 heterocycles. The maximum atomic E-state index is 6.03. The van der Waals surface area contributed by atoms with Gasteiger partial charge < -0.3 is 5.32 Å². The Balaban J connectivity index is 1.53. The van der Waals surface area contributed by atoms with Crippen LogP contribution in [-0.2, 0) is 13.1 Å². The lowest BCUT2D eigenvalue weighted by molar-refractivity contribution is 0.687. The van der Waals surface area contributed by atoms with Crippen molar-refractivity contribution in [3.63, 3.8) is 0 Å². The highest BCUT2D eigenvalue weighted by atomic mass is 35.5. The van der Waals surface area contributed by atoms with E-state index in [4.69, 9.17) is 35.4 Å². The lowest BCUT2D eigenvalue weighted by atomic mass is 10.1. The summed E-state index contributed by atoms with van der Waals surface area (Å²) in [5.74, 6) is 0.437. The number of nitrogens with one attached hydrogen (secondary N) is 2. The van der Waals surface area contributed by atoms with Crippen LogP contribution in [0.2, 0.25) is 10.0 Å². The van der Waals surface area contributed by atoms with E-state index in [0.29, 0.717) is 34.2 Å². The van der Waals surface area contributed by atoms with E-state index in [0.717, 1.165) is 11.1 Å². The fourth-order valence-corrected chi connectivity index (χ4v) is 2.77.